The third-order valence-corrected chi connectivity index (χ3v) is 4.74. The van der Waals surface area contributed by atoms with Gasteiger partial charge in [-0.25, -0.2) is 13.2 Å². The number of primary amides is 1. The highest BCUT2D eigenvalue weighted by molar-refractivity contribution is 6.32. The zero-order valence-electron chi connectivity index (χ0n) is 13.8. The molecule has 4 rings (SSSR count). The summed E-state index contributed by atoms with van der Waals surface area (Å²) in [6.07, 6.45) is 0. The first-order valence-corrected chi connectivity index (χ1v) is 8.38. The van der Waals surface area contributed by atoms with E-state index in [4.69, 9.17) is 17.3 Å². The summed E-state index contributed by atoms with van der Waals surface area (Å²) in [5.74, 6) is -4.63. The number of carbonyl (C=O) groups is 1. The topological polar surface area (TPSA) is 48.0 Å². The van der Waals surface area contributed by atoms with E-state index in [-0.39, 0.29) is 12.1 Å². The molecule has 0 saturated carbocycles. The van der Waals surface area contributed by atoms with E-state index < -0.39 is 23.4 Å². The van der Waals surface area contributed by atoms with Crippen LogP contribution in [0.25, 0.3) is 21.8 Å². The lowest BCUT2D eigenvalue weighted by Gasteiger charge is -2.09. The minimum absolute atomic E-state index is 0.0523. The highest BCUT2D eigenvalue weighted by atomic mass is 35.5. The van der Waals surface area contributed by atoms with E-state index in [0.29, 0.717) is 27.0 Å². The molecule has 1 amide bonds. The Bertz CT molecular complexity index is 1210. The second-order valence-electron chi connectivity index (χ2n) is 6.19. The first kappa shape index (κ1) is 17.4. The third kappa shape index (κ3) is 2.82. The molecule has 0 fully saturated rings. The van der Waals surface area contributed by atoms with E-state index in [1.807, 2.05) is 0 Å². The average Bonchev–Trinajstić information content (AvgIpc) is 2.92. The average molecular weight is 389 g/mol. The van der Waals surface area contributed by atoms with Gasteiger partial charge in [0.1, 0.15) is 0 Å². The van der Waals surface area contributed by atoms with Crippen molar-refractivity contribution in [3.05, 3.63) is 82.1 Å². The van der Waals surface area contributed by atoms with Gasteiger partial charge >= 0.3 is 0 Å². The van der Waals surface area contributed by atoms with Gasteiger partial charge in [0, 0.05) is 27.9 Å². The molecule has 136 valence electrons. The van der Waals surface area contributed by atoms with Crippen molar-refractivity contribution in [2.75, 3.05) is 0 Å². The second-order valence-corrected chi connectivity index (χ2v) is 6.62. The Morgan fingerprint density at radius 2 is 1.70 bits per heavy atom. The molecule has 0 saturated heterocycles. The first-order chi connectivity index (χ1) is 12.9. The van der Waals surface area contributed by atoms with Crippen LogP contribution in [-0.4, -0.2) is 10.5 Å². The largest absolute Gasteiger partial charge is 0.366 e. The smallest absolute Gasteiger partial charge is 0.249 e. The van der Waals surface area contributed by atoms with Crippen LogP contribution in [-0.2, 0) is 6.54 Å². The number of hydrogen-bond acceptors (Lipinski definition) is 1. The molecule has 0 spiro atoms. The van der Waals surface area contributed by atoms with Gasteiger partial charge in [-0.05, 0) is 42.0 Å². The number of amides is 1. The third-order valence-electron chi connectivity index (χ3n) is 4.50. The SMILES string of the molecule is NC(=O)c1cccc2c1c1ccc(Cl)cc1n2Cc1cc(F)c(F)c(F)c1. The van der Waals surface area contributed by atoms with Crippen molar-refractivity contribution in [1.29, 1.82) is 0 Å². The molecule has 0 aliphatic heterocycles. The highest BCUT2D eigenvalue weighted by Crippen LogP contribution is 2.34. The summed E-state index contributed by atoms with van der Waals surface area (Å²) in [5, 5.41) is 1.82. The molecule has 0 bridgehead atoms. The Labute approximate surface area is 156 Å². The lowest BCUT2D eigenvalue weighted by Crippen LogP contribution is -2.11. The molecule has 4 aromatic rings. The Morgan fingerprint density at radius 1 is 1.00 bits per heavy atom. The van der Waals surface area contributed by atoms with Crippen molar-refractivity contribution in [3.8, 4) is 0 Å². The Kier molecular flexibility index (Phi) is 4.08. The minimum Gasteiger partial charge on any atom is -0.366 e. The van der Waals surface area contributed by atoms with Gasteiger partial charge < -0.3 is 10.3 Å². The van der Waals surface area contributed by atoms with Gasteiger partial charge in [0.2, 0.25) is 5.91 Å². The number of rotatable bonds is 3. The molecular weight excluding hydrogens is 377 g/mol. The fourth-order valence-electron chi connectivity index (χ4n) is 3.37. The predicted octanol–water partition coefficient (Wildman–Crippen LogP) is 5.01. The Morgan fingerprint density at radius 3 is 2.37 bits per heavy atom. The van der Waals surface area contributed by atoms with Crippen LogP contribution in [0.2, 0.25) is 5.02 Å². The normalized spacial score (nSPS) is 11.4. The van der Waals surface area contributed by atoms with Crippen LogP contribution in [0.4, 0.5) is 13.2 Å². The summed E-state index contributed by atoms with van der Waals surface area (Å²) in [4.78, 5) is 11.9. The van der Waals surface area contributed by atoms with Gasteiger partial charge in [-0.1, -0.05) is 23.7 Å². The second kappa shape index (κ2) is 6.32. The van der Waals surface area contributed by atoms with Crippen molar-refractivity contribution in [3.63, 3.8) is 0 Å². The van der Waals surface area contributed by atoms with E-state index in [2.05, 4.69) is 0 Å². The molecule has 2 N–H and O–H groups in total. The van der Waals surface area contributed by atoms with E-state index in [9.17, 15) is 18.0 Å². The number of nitrogens with two attached hydrogens (primary N) is 1. The lowest BCUT2D eigenvalue weighted by atomic mass is 10.1. The summed E-state index contributed by atoms with van der Waals surface area (Å²) in [5.41, 5.74) is 7.37. The maximum atomic E-state index is 13.6. The summed E-state index contributed by atoms with van der Waals surface area (Å²) < 4.78 is 42.3. The number of nitrogens with zero attached hydrogens (tertiary/aromatic N) is 1. The molecule has 1 aromatic heterocycles. The number of halogens is 4. The number of hydrogen-bond donors (Lipinski definition) is 1. The van der Waals surface area contributed by atoms with Gasteiger partial charge in [-0.3, -0.25) is 4.79 Å². The maximum Gasteiger partial charge on any atom is 0.249 e. The van der Waals surface area contributed by atoms with E-state index >= 15 is 0 Å². The van der Waals surface area contributed by atoms with Crippen LogP contribution in [0.5, 0.6) is 0 Å². The highest BCUT2D eigenvalue weighted by Gasteiger charge is 2.18. The molecule has 27 heavy (non-hydrogen) atoms. The Balaban J connectivity index is 2.03. The number of carbonyl (C=O) groups excluding carboxylic acids is 1. The number of benzene rings is 3. The molecule has 0 unspecified atom stereocenters. The molecule has 1 heterocycles. The van der Waals surface area contributed by atoms with Gasteiger partial charge in [-0.15, -0.1) is 0 Å². The van der Waals surface area contributed by atoms with Crippen molar-refractivity contribution < 1.29 is 18.0 Å². The zero-order valence-corrected chi connectivity index (χ0v) is 14.5. The molecule has 7 heteroatoms. The molecule has 0 atom stereocenters. The summed E-state index contributed by atoms with van der Waals surface area (Å²) in [6.45, 7) is 0.0523. The van der Waals surface area contributed by atoms with Gasteiger partial charge in [0.25, 0.3) is 0 Å². The van der Waals surface area contributed by atoms with Crippen molar-refractivity contribution in [2.24, 2.45) is 5.73 Å². The van der Waals surface area contributed by atoms with Crippen molar-refractivity contribution >= 4 is 39.3 Å². The Hall–Kier alpha value is -2.99. The van der Waals surface area contributed by atoms with Crippen LogP contribution >= 0.6 is 11.6 Å². The summed E-state index contributed by atoms with van der Waals surface area (Å²) in [7, 11) is 0. The molecular formula is C20H12ClF3N2O. The summed E-state index contributed by atoms with van der Waals surface area (Å²) >= 11 is 6.12. The maximum absolute atomic E-state index is 13.6. The quantitative estimate of drug-likeness (QED) is 0.493. The van der Waals surface area contributed by atoms with Gasteiger partial charge in [0.05, 0.1) is 11.0 Å². The van der Waals surface area contributed by atoms with Crippen LogP contribution < -0.4 is 5.73 Å². The first-order valence-electron chi connectivity index (χ1n) is 8.00. The standard InChI is InChI=1S/C20H12ClF3N2O/c21-11-4-5-12-17(8-11)26(9-10-6-14(22)19(24)15(23)7-10)16-3-1-2-13(18(12)16)20(25)27/h1-8H,9H2,(H2,25,27). The molecule has 0 aliphatic carbocycles. The van der Waals surface area contributed by atoms with Gasteiger partial charge in [-0.2, -0.15) is 0 Å². The van der Waals surface area contributed by atoms with Crippen LogP contribution in [0, 0.1) is 17.5 Å². The van der Waals surface area contributed by atoms with E-state index in [1.165, 1.54) is 0 Å². The van der Waals surface area contributed by atoms with Crippen LogP contribution in [0.1, 0.15) is 15.9 Å². The van der Waals surface area contributed by atoms with Gasteiger partial charge in [0.15, 0.2) is 17.5 Å². The van der Waals surface area contributed by atoms with E-state index in [1.54, 1.807) is 41.0 Å². The zero-order chi connectivity index (χ0) is 19.3. The minimum atomic E-state index is -1.51. The fourth-order valence-corrected chi connectivity index (χ4v) is 3.54. The predicted molar refractivity (Wildman–Crippen MR) is 98.4 cm³/mol. The monoisotopic (exact) mass is 388 g/mol. The van der Waals surface area contributed by atoms with Crippen molar-refractivity contribution in [1.82, 2.24) is 4.57 Å². The summed E-state index contributed by atoms with van der Waals surface area (Å²) in [6, 6.07) is 12.1. The molecule has 0 radical (unpaired) electrons. The molecule has 3 nitrogen and oxygen atoms in total. The number of fused-ring (bicyclic) bond motifs is 3. The molecule has 0 aliphatic rings. The molecule has 3 aromatic carbocycles. The van der Waals surface area contributed by atoms with Crippen LogP contribution in [0.3, 0.4) is 0 Å². The van der Waals surface area contributed by atoms with Crippen molar-refractivity contribution in [2.45, 2.75) is 6.54 Å². The van der Waals surface area contributed by atoms with Crippen LogP contribution in [0.15, 0.2) is 48.5 Å². The fraction of sp³-hybridized carbons (Fsp3) is 0.0500. The lowest BCUT2D eigenvalue weighted by molar-refractivity contribution is 0.100. The van der Waals surface area contributed by atoms with E-state index in [0.717, 1.165) is 17.5 Å². The number of aromatic nitrogens is 1.